The van der Waals surface area contributed by atoms with Gasteiger partial charge in [-0.3, -0.25) is 9.78 Å². The van der Waals surface area contributed by atoms with Crippen LogP contribution in [-0.2, 0) is 12.0 Å². The van der Waals surface area contributed by atoms with Crippen molar-refractivity contribution in [3.8, 4) is 22.9 Å². The van der Waals surface area contributed by atoms with E-state index in [9.17, 15) is 10.1 Å². The molecule has 4 rings (SSSR count). The number of anilines is 1. The van der Waals surface area contributed by atoms with Gasteiger partial charge in [0, 0.05) is 16.8 Å². The van der Waals surface area contributed by atoms with Gasteiger partial charge >= 0.3 is 0 Å². The zero-order valence-electron chi connectivity index (χ0n) is 21.0. The zero-order chi connectivity index (χ0) is 25.7. The van der Waals surface area contributed by atoms with E-state index >= 15 is 0 Å². The number of pyridine rings is 1. The summed E-state index contributed by atoms with van der Waals surface area (Å²) in [5.74, 6) is 0.503. The molecule has 0 fully saturated rings. The van der Waals surface area contributed by atoms with Crippen LogP contribution < -0.4 is 10.1 Å². The molecule has 5 heteroatoms. The van der Waals surface area contributed by atoms with Gasteiger partial charge in [0.2, 0.25) is 0 Å². The first-order valence-electron chi connectivity index (χ1n) is 11.8. The zero-order valence-corrected chi connectivity index (χ0v) is 21.0. The Morgan fingerprint density at radius 1 is 1.00 bits per heavy atom. The summed E-state index contributed by atoms with van der Waals surface area (Å²) in [6.45, 7) is 8.61. The van der Waals surface area contributed by atoms with Crippen molar-refractivity contribution in [2.75, 3.05) is 5.32 Å². The van der Waals surface area contributed by atoms with Crippen molar-refractivity contribution in [3.63, 3.8) is 0 Å². The number of ether oxygens (including phenoxy) is 1. The lowest BCUT2D eigenvalue weighted by Gasteiger charge is -2.20. The van der Waals surface area contributed by atoms with Gasteiger partial charge in [-0.25, -0.2) is 0 Å². The van der Waals surface area contributed by atoms with E-state index in [0.717, 1.165) is 33.7 Å². The number of aryl methyl sites for hydroxylation is 1. The molecule has 0 bridgehead atoms. The number of hydrogen-bond donors (Lipinski definition) is 1. The molecular formula is C31H29N3O2. The third-order valence-corrected chi connectivity index (χ3v) is 5.95. The highest BCUT2D eigenvalue weighted by atomic mass is 16.5. The van der Waals surface area contributed by atoms with Gasteiger partial charge in [-0.15, -0.1) is 0 Å². The van der Waals surface area contributed by atoms with Crippen molar-refractivity contribution in [2.24, 2.45) is 0 Å². The fourth-order valence-electron chi connectivity index (χ4n) is 3.82. The Labute approximate surface area is 212 Å². The summed E-state index contributed by atoms with van der Waals surface area (Å²) in [5, 5.41) is 12.4. The molecule has 0 radical (unpaired) electrons. The summed E-state index contributed by atoms with van der Waals surface area (Å²) >= 11 is 0. The normalized spacial score (nSPS) is 11.0. The molecule has 0 saturated heterocycles. The maximum Gasteiger partial charge on any atom is 0.255 e. The number of benzene rings is 3. The summed E-state index contributed by atoms with van der Waals surface area (Å²) < 4.78 is 5.90. The third-order valence-electron chi connectivity index (χ3n) is 5.95. The molecular weight excluding hydrogens is 446 g/mol. The van der Waals surface area contributed by atoms with E-state index in [1.54, 1.807) is 12.3 Å². The number of amides is 1. The van der Waals surface area contributed by atoms with Crippen LogP contribution in [0.3, 0.4) is 0 Å². The third kappa shape index (κ3) is 5.97. The molecule has 0 unspecified atom stereocenters. The van der Waals surface area contributed by atoms with Crippen LogP contribution >= 0.6 is 0 Å². The molecule has 1 N–H and O–H groups in total. The van der Waals surface area contributed by atoms with Crippen LogP contribution in [0.2, 0.25) is 0 Å². The van der Waals surface area contributed by atoms with E-state index in [0.29, 0.717) is 23.4 Å². The number of nitrogens with zero attached hydrogens (tertiary/aromatic N) is 2. The van der Waals surface area contributed by atoms with E-state index in [-0.39, 0.29) is 11.3 Å². The Morgan fingerprint density at radius 2 is 1.72 bits per heavy atom. The number of rotatable bonds is 6. The molecule has 1 heterocycles. The average Bonchev–Trinajstić information content (AvgIpc) is 2.88. The number of carbonyl (C=O) groups is 1. The first kappa shape index (κ1) is 24.7. The van der Waals surface area contributed by atoms with Gasteiger partial charge in [-0.05, 0) is 65.4 Å². The van der Waals surface area contributed by atoms with Crippen molar-refractivity contribution < 1.29 is 9.53 Å². The van der Waals surface area contributed by atoms with Gasteiger partial charge in [0.15, 0.2) is 0 Å². The minimum Gasteiger partial charge on any atom is -0.489 e. The van der Waals surface area contributed by atoms with E-state index in [1.165, 1.54) is 0 Å². The summed E-state index contributed by atoms with van der Waals surface area (Å²) in [6.07, 6.45) is 1.65. The van der Waals surface area contributed by atoms with E-state index in [4.69, 9.17) is 4.74 Å². The lowest BCUT2D eigenvalue weighted by Crippen LogP contribution is -2.16. The van der Waals surface area contributed by atoms with Crippen LogP contribution in [0.5, 0.6) is 5.75 Å². The molecule has 5 nitrogen and oxygen atoms in total. The molecule has 1 aromatic heterocycles. The maximum atomic E-state index is 13.1. The average molecular weight is 476 g/mol. The number of nitrogens with one attached hydrogen (secondary N) is 1. The molecule has 0 atom stereocenters. The summed E-state index contributed by atoms with van der Waals surface area (Å²) in [4.78, 5) is 17.6. The largest absolute Gasteiger partial charge is 0.489 e. The highest BCUT2D eigenvalue weighted by Gasteiger charge is 2.18. The number of nitriles is 1. The van der Waals surface area contributed by atoms with Crippen LogP contribution in [-0.4, -0.2) is 10.9 Å². The van der Waals surface area contributed by atoms with Gasteiger partial charge in [-0.1, -0.05) is 63.2 Å². The molecule has 0 spiro atoms. The Kier molecular flexibility index (Phi) is 7.17. The van der Waals surface area contributed by atoms with Crippen LogP contribution in [0.4, 0.5) is 5.69 Å². The lowest BCUT2D eigenvalue weighted by atomic mass is 9.85. The van der Waals surface area contributed by atoms with E-state index < -0.39 is 0 Å². The highest BCUT2D eigenvalue weighted by Crippen LogP contribution is 2.28. The number of aromatic nitrogens is 1. The Bertz CT molecular complexity index is 1410. The van der Waals surface area contributed by atoms with Gasteiger partial charge in [-0.2, -0.15) is 5.26 Å². The van der Waals surface area contributed by atoms with Gasteiger partial charge < -0.3 is 10.1 Å². The molecule has 180 valence electrons. The van der Waals surface area contributed by atoms with Gasteiger partial charge in [0.1, 0.15) is 12.4 Å². The van der Waals surface area contributed by atoms with Crippen molar-refractivity contribution in [1.29, 1.82) is 5.26 Å². The molecule has 1 amide bonds. The van der Waals surface area contributed by atoms with Crippen LogP contribution in [0.15, 0.2) is 85.1 Å². The highest BCUT2D eigenvalue weighted by molar-refractivity contribution is 6.04. The standard InChI is InChI=1S/C31H29N3O2/c1-21-29(24-10-12-28(13-11-24)36-20-22-8-6-5-7-9-22)17-27(19-33-21)34-30(35)25-14-23(18-32)15-26(16-25)31(2,3)4/h5-17,19H,20H2,1-4H3,(H,34,35). The SMILES string of the molecule is Cc1ncc(NC(=O)c2cc(C#N)cc(C(C)(C)C)c2)cc1-c1ccc(OCc2ccccc2)cc1. The predicted molar refractivity (Wildman–Crippen MR) is 143 cm³/mol. The van der Waals surface area contributed by atoms with E-state index in [2.05, 4.69) is 37.1 Å². The number of hydrogen-bond acceptors (Lipinski definition) is 4. The fourth-order valence-corrected chi connectivity index (χ4v) is 3.82. The van der Waals surface area contributed by atoms with Crippen LogP contribution in [0.25, 0.3) is 11.1 Å². The van der Waals surface area contributed by atoms with Crippen molar-refractivity contribution in [3.05, 3.63) is 113 Å². The Morgan fingerprint density at radius 3 is 2.39 bits per heavy atom. The molecule has 0 saturated carbocycles. The molecule has 4 aromatic rings. The first-order chi connectivity index (χ1) is 17.2. The quantitative estimate of drug-likeness (QED) is 0.324. The first-order valence-corrected chi connectivity index (χ1v) is 11.8. The maximum absolute atomic E-state index is 13.1. The molecule has 0 aliphatic rings. The van der Waals surface area contributed by atoms with Crippen molar-refractivity contribution in [2.45, 2.75) is 39.7 Å². The minimum atomic E-state index is -0.279. The van der Waals surface area contributed by atoms with Crippen molar-refractivity contribution >= 4 is 11.6 Å². The summed E-state index contributed by atoms with van der Waals surface area (Å²) in [7, 11) is 0. The Hall–Kier alpha value is -4.43. The van der Waals surface area contributed by atoms with Crippen LogP contribution in [0, 0.1) is 18.3 Å². The van der Waals surface area contributed by atoms with Gasteiger partial charge in [0.25, 0.3) is 5.91 Å². The fraction of sp³-hybridized carbons (Fsp3) is 0.194. The topological polar surface area (TPSA) is 75.0 Å². The Balaban J connectivity index is 1.52. The van der Waals surface area contributed by atoms with Crippen molar-refractivity contribution in [1.82, 2.24) is 4.98 Å². The number of carbonyl (C=O) groups excluding carboxylic acids is 1. The molecule has 0 aliphatic heterocycles. The smallest absolute Gasteiger partial charge is 0.255 e. The second kappa shape index (κ2) is 10.5. The lowest BCUT2D eigenvalue weighted by molar-refractivity contribution is 0.102. The second-order valence-electron chi connectivity index (χ2n) is 9.77. The minimum absolute atomic E-state index is 0.183. The predicted octanol–water partition coefficient (Wildman–Crippen LogP) is 7.06. The monoisotopic (exact) mass is 475 g/mol. The second-order valence-corrected chi connectivity index (χ2v) is 9.77. The summed E-state index contributed by atoms with van der Waals surface area (Å²) in [6, 6.07) is 27.2. The van der Waals surface area contributed by atoms with Crippen LogP contribution in [0.1, 0.15) is 53.5 Å². The summed E-state index contributed by atoms with van der Waals surface area (Å²) in [5.41, 5.74) is 6.11. The van der Waals surface area contributed by atoms with E-state index in [1.807, 2.05) is 79.7 Å². The van der Waals surface area contributed by atoms with Gasteiger partial charge in [0.05, 0.1) is 23.5 Å². The molecule has 0 aliphatic carbocycles. The molecule has 36 heavy (non-hydrogen) atoms. The molecule has 3 aromatic carbocycles.